The minimum absolute atomic E-state index is 0.00998. The van der Waals surface area contributed by atoms with E-state index in [4.69, 9.17) is 22.9 Å². The molecular formula is C12H26N6. The zero-order valence-corrected chi connectivity index (χ0v) is 11.0. The Labute approximate surface area is 109 Å². The summed E-state index contributed by atoms with van der Waals surface area (Å²) in [5, 5.41) is 0. The molecule has 0 radical (unpaired) electrons. The average Bonchev–Trinajstić information content (AvgIpc) is 2.34. The van der Waals surface area contributed by atoms with Gasteiger partial charge >= 0.3 is 0 Å². The van der Waals surface area contributed by atoms with Crippen molar-refractivity contribution < 1.29 is 0 Å². The third-order valence-electron chi connectivity index (χ3n) is 3.11. The Balaban J connectivity index is 2.51. The first-order valence-corrected chi connectivity index (χ1v) is 6.74. The lowest BCUT2D eigenvalue weighted by Gasteiger charge is -2.23. The third-order valence-corrected chi connectivity index (χ3v) is 3.11. The molecule has 2 atom stereocenters. The van der Waals surface area contributed by atoms with E-state index in [1.54, 1.807) is 0 Å². The van der Waals surface area contributed by atoms with Crippen molar-refractivity contribution in [1.29, 1.82) is 0 Å². The minimum Gasteiger partial charge on any atom is -0.386 e. The highest BCUT2D eigenvalue weighted by Gasteiger charge is 2.22. The molecule has 18 heavy (non-hydrogen) atoms. The maximum absolute atomic E-state index is 5.92. The molecule has 0 aromatic carbocycles. The van der Waals surface area contributed by atoms with Crippen molar-refractivity contribution in [2.24, 2.45) is 32.9 Å². The van der Waals surface area contributed by atoms with Gasteiger partial charge in [0.1, 0.15) is 18.0 Å². The van der Waals surface area contributed by atoms with Gasteiger partial charge in [-0.25, -0.2) is 4.99 Å². The van der Waals surface area contributed by atoms with Gasteiger partial charge in [-0.2, -0.15) is 0 Å². The Morgan fingerprint density at radius 3 is 2.28 bits per heavy atom. The fraction of sp³-hybridized carbons (Fsp3) is 0.833. The molecule has 0 saturated heterocycles. The molecule has 0 fully saturated rings. The van der Waals surface area contributed by atoms with Gasteiger partial charge in [-0.1, -0.05) is 0 Å². The van der Waals surface area contributed by atoms with Crippen LogP contribution in [0.15, 0.2) is 9.98 Å². The van der Waals surface area contributed by atoms with E-state index in [-0.39, 0.29) is 12.2 Å². The smallest absolute Gasteiger partial charge is 0.137 e. The summed E-state index contributed by atoms with van der Waals surface area (Å²) in [6.45, 7) is 1.41. The molecule has 1 heterocycles. The quantitative estimate of drug-likeness (QED) is 0.443. The van der Waals surface area contributed by atoms with Crippen molar-refractivity contribution in [1.82, 2.24) is 0 Å². The van der Waals surface area contributed by atoms with Crippen LogP contribution in [0.1, 0.15) is 38.5 Å². The number of nitrogens with two attached hydrogens (primary N) is 4. The summed E-state index contributed by atoms with van der Waals surface area (Å²) in [5.74, 6) is 0.557. The zero-order chi connectivity index (χ0) is 13.4. The van der Waals surface area contributed by atoms with Crippen LogP contribution in [0.25, 0.3) is 0 Å². The van der Waals surface area contributed by atoms with E-state index in [1.165, 1.54) is 0 Å². The van der Waals surface area contributed by atoms with E-state index in [1.807, 2.05) is 0 Å². The van der Waals surface area contributed by atoms with Crippen LogP contribution >= 0.6 is 0 Å². The van der Waals surface area contributed by atoms with Gasteiger partial charge in [0, 0.05) is 0 Å². The van der Waals surface area contributed by atoms with Crippen molar-refractivity contribution >= 4 is 11.5 Å². The fourth-order valence-corrected chi connectivity index (χ4v) is 2.02. The molecule has 6 nitrogen and oxygen atoms in total. The van der Waals surface area contributed by atoms with Gasteiger partial charge in [0.25, 0.3) is 0 Å². The monoisotopic (exact) mass is 254 g/mol. The molecule has 6 heteroatoms. The summed E-state index contributed by atoms with van der Waals surface area (Å²) in [4.78, 5) is 8.92. The predicted molar refractivity (Wildman–Crippen MR) is 76.6 cm³/mol. The lowest BCUT2D eigenvalue weighted by molar-refractivity contribution is 0.633. The van der Waals surface area contributed by atoms with E-state index in [2.05, 4.69) is 9.98 Å². The molecular weight excluding hydrogens is 228 g/mol. The molecule has 2 unspecified atom stereocenters. The van der Waals surface area contributed by atoms with Gasteiger partial charge in [-0.15, -0.1) is 0 Å². The van der Waals surface area contributed by atoms with Crippen LogP contribution in [0.4, 0.5) is 0 Å². The van der Waals surface area contributed by atoms with E-state index < -0.39 is 0 Å². The van der Waals surface area contributed by atoms with Crippen molar-refractivity contribution in [3.8, 4) is 0 Å². The van der Waals surface area contributed by atoms with Crippen molar-refractivity contribution in [2.75, 3.05) is 13.1 Å². The van der Waals surface area contributed by atoms with Gasteiger partial charge in [-0.3, -0.25) is 4.99 Å². The normalized spacial score (nSPS) is 23.7. The van der Waals surface area contributed by atoms with Crippen LogP contribution in [-0.4, -0.2) is 36.8 Å². The molecule has 1 aliphatic heterocycles. The number of unbranched alkanes of at least 4 members (excludes halogenated alkanes) is 2. The third kappa shape index (κ3) is 4.72. The number of rotatable bonds is 8. The number of amidine groups is 1. The Bertz CT molecular complexity index is 299. The standard InChI is InChI=1S/C12H26N6/c13-7-3-1-5-9-11(15)18-12(16)10(17-9)6-2-4-8-14/h9,12H,1-8,13-14,16H2,(H2,15,18). The summed E-state index contributed by atoms with van der Waals surface area (Å²) in [5.41, 5.74) is 23.7. The molecule has 1 rings (SSSR count). The second-order valence-electron chi connectivity index (χ2n) is 4.67. The van der Waals surface area contributed by atoms with Gasteiger partial charge < -0.3 is 22.9 Å². The lowest BCUT2D eigenvalue weighted by atomic mass is 10.0. The molecule has 0 aromatic rings. The first-order chi connectivity index (χ1) is 8.69. The predicted octanol–water partition coefficient (Wildman–Crippen LogP) is -0.290. The summed E-state index contributed by atoms with van der Waals surface area (Å²) in [6, 6.07) is -0.00998. The van der Waals surface area contributed by atoms with Crippen LogP contribution in [-0.2, 0) is 0 Å². The van der Waals surface area contributed by atoms with Gasteiger partial charge in [-0.05, 0) is 51.6 Å². The average molecular weight is 254 g/mol. The maximum atomic E-state index is 5.92. The molecule has 0 bridgehead atoms. The molecule has 104 valence electrons. The maximum Gasteiger partial charge on any atom is 0.137 e. The molecule has 0 aromatic heterocycles. The largest absolute Gasteiger partial charge is 0.386 e. The van der Waals surface area contributed by atoms with Crippen LogP contribution < -0.4 is 22.9 Å². The van der Waals surface area contributed by atoms with Crippen LogP contribution in [0.5, 0.6) is 0 Å². The Morgan fingerprint density at radius 2 is 1.61 bits per heavy atom. The SMILES string of the molecule is NCCCCC1=NC(CCCCN)C(N)=NC1N. The van der Waals surface area contributed by atoms with E-state index >= 15 is 0 Å². The molecule has 0 aliphatic carbocycles. The first kappa shape index (κ1) is 15.1. The number of hydrogen-bond acceptors (Lipinski definition) is 6. The molecule has 0 spiro atoms. The molecule has 0 amide bonds. The van der Waals surface area contributed by atoms with E-state index in [0.29, 0.717) is 18.9 Å². The number of aliphatic imine (C=N–C) groups is 2. The minimum atomic E-state index is -0.367. The molecule has 1 aliphatic rings. The van der Waals surface area contributed by atoms with Gasteiger partial charge in [0.2, 0.25) is 0 Å². The Morgan fingerprint density at radius 1 is 0.944 bits per heavy atom. The summed E-state index contributed by atoms with van der Waals surface area (Å²) in [6.07, 6.45) is 5.41. The highest BCUT2D eigenvalue weighted by atomic mass is 15.1. The van der Waals surface area contributed by atoms with Gasteiger partial charge in [0.05, 0.1) is 5.71 Å². The highest BCUT2D eigenvalue weighted by molar-refractivity contribution is 5.98. The Kier molecular flexibility index (Phi) is 6.85. The topological polar surface area (TPSA) is 129 Å². The number of nitrogens with zero attached hydrogens (tertiary/aromatic N) is 2. The first-order valence-electron chi connectivity index (χ1n) is 6.74. The molecule has 0 saturated carbocycles. The summed E-state index contributed by atoms with van der Waals surface area (Å²) >= 11 is 0. The van der Waals surface area contributed by atoms with Crippen LogP contribution in [0.3, 0.4) is 0 Å². The van der Waals surface area contributed by atoms with Crippen LogP contribution in [0.2, 0.25) is 0 Å². The van der Waals surface area contributed by atoms with Crippen LogP contribution in [0, 0.1) is 0 Å². The van der Waals surface area contributed by atoms with E-state index in [0.717, 1.165) is 44.2 Å². The van der Waals surface area contributed by atoms with E-state index in [9.17, 15) is 0 Å². The molecule has 8 N–H and O–H groups in total. The van der Waals surface area contributed by atoms with Crippen molar-refractivity contribution in [3.63, 3.8) is 0 Å². The summed E-state index contributed by atoms with van der Waals surface area (Å²) < 4.78 is 0. The highest BCUT2D eigenvalue weighted by Crippen LogP contribution is 2.13. The zero-order valence-electron chi connectivity index (χ0n) is 11.0. The van der Waals surface area contributed by atoms with Gasteiger partial charge in [0.15, 0.2) is 0 Å². The fourth-order valence-electron chi connectivity index (χ4n) is 2.02. The Hall–Kier alpha value is -0.980. The second-order valence-corrected chi connectivity index (χ2v) is 4.67. The second kappa shape index (κ2) is 8.18. The van der Waals surface area contributed by atoms with Crippen molar-refractivity contribution in [2.45, 2.75) is 50.7 Å². The lowest BCUT2D eigenvalue weighted by Crippen LogP contribution is -2.41. The summed E-state index contributed by atoms with van der Waals surface area (Å²) in [7, 11) is 0. The van der Waals surface area contributed by atoms with Crippen molar-refractivity contribution in [3.05, 3.63) is 0 Å². The number of hydrogen-bond donors (Lipinski definition) is 4.